The normalized spacial score (nSPS) is 11.4. The van der Waals surface area contributed by atoms with Crippen LogP contribution in [0.5, 0.6) is 11.5 Å². The van der Waals surface area contributed by atoms with Gasteiger partial charge in [0.25, 0.3) is 0 Å². The second-order valence-corrected chi connectivity index (χ2v) is 6.69. The monoisotopic (exact) mass is 349 g/mol. The zero-order valence-electron chi connectivity index (χ0n) is 14.3. The molecule has 2 aromatic rings. The quantitative estimate of drug-likeness (QED) is 0.761. The molecule has 0 bridgehead atoms. The summed E-state index contributed by atoms with van der Waals surface area (Å²) in [6.07, 6.45) is 0. The SMILES string of the molecule is COc1cc(CNC(C)(C)CO)cc(Cl)c1OCc1ccccc1. The van der Waals surface area contributed by atoms with Crippen LogP contribution in [0.2, 0.25) is 5.02 Å². The molecule has 2 aromatic carbocycles. The van der Waals surface area contributed by atoms with Crippen molar-refractivity contribution < 1.29 is 14.6 Å². The molecule has 24 heavy (non-hydrogen) atoms. The molecule has 0 heterocycles. The van der Waals surface area contributed by atoms with Crippen LogP contribution in [0.4, 0.5) is 0 Å². The van der Waals surface area contributed by atoms with Crippen molar-refractivity contribution in [2.45, 2.75) is 32.5 Å². The largest absolute Gasteiger partial charge is 0.493 e. The van der Waals surface area contributed by atoms with Gasteiger partial charge in [0.05, 0.1) is 18.7 Å². The number of ether oxygens (including phenoxy) is 2. The Kier molecular flexibility index (Phi) is 6.49. The van der Waals surface area contributed by atoms with Crippen LogP contribution in [-0.4, -0.2) is 24.4 Å². The molecule has 0 spiro atoms. The second kappa shape index (κ2) is 8.38. The third-order valence-electron chi connectivity index (χ3n) is 3.68. The Bertz CT molecular complexity index is 659. The molecule has 2 N–H and O–H groups in total. The Labute approximate surface area is 148 Å². The van der Waals surface area contributed by atoms with E-state index in [1.807, 2.05) is 56.3 Å². The maximum absolute atomic E-state index is 9.32. The summed E-state index contributed by atoms with van der Waals surface area (Å²) in [4.78, 5) is 0. The summed E-state index contributed by atoms with van der Waals surface area (Å²) in [6, 6.07) is 13.6. The Morgan fingerprint density at radius 3 is 2.46 bits per heavy atom. The molecule has 0 aliphatic heterocycles. The van der Waals surface area contributed by atoms with Gasteiger partial charge in [-0.1, -0.05) is 41.9 Å². The van der Waals surface area contributed by atoms with Crippen molar-refractivity contribution >= 4 is 11.6 Å². The van der Waals surface area contributed by atoms with Gasteiger partial charge in [-0.05, 0) is 37.1 Å². The fourth-order valence-electron chi connectivity index (χ4n) is 2.14. The van der Waals surface area contributed by atoms with E-state index in [0.29, 0.717) is 29.7 Å². The first-order valence-corrected chi connectivity index (χ1v) is 8.22. The van der Waals surface area contributed by atoms with Gasteiger partial charge in [-0.25, -0.2) is 0 Å². The van der Waals surface area contributed by atoms with Crippen molar-refractivity contribution in [1.82, 2.24) is 5.32 Å². The van der Waals surface area contributed by atoms with E-state index in [9.17, 15) is 5.11 Å². The van der Waals surface area contributed by atoms with Crippen LogP contribution < -0.4 is 14.8 Å². The molecule has 0 aromatic heterocycles. The smallest absolute Gasteiger partial charge is 0.180 e. The molecule has 2 rings (SSSR count). The molecule has 0 saturated heterocycles. The van der Waals surface area contributed by atoms with Crippen LogP contribution in [-0.2, 0) is 13.2 Å². The summed E-state index contributed by atoms with van der Waals surface area (Å²) in [5.74, 6) is 1.13. The van der Waals surface area contributed by atoms with Gasteiger partial charge in [-0.15, -0.1) is 0 Å². The van der Waals surface area contributed by atoms with E-state index >= 15 is 0 Å². The van der Waals surface area contributed by atoms with E-state index in [1.54, 1.807) is 7.11 Å². The lowest BCUT2D eigenvalue weighted by Crippen LogP contribution is -2.42. The van der Waals surface area contributed by atoms with E-state index < -0.39 is 0 Å². The molecule has 0 amide bonds. The number of hydrogen-bond donors (Lipinski definition) is 2. The fraction of sp³-hybridized carbons (Fsp3) is 0.368. The van der Waals surface area contributed by atoms with Crippen LogP contribution >= 0.6 is 11.6 Å². The number of hydrogen-bond acceptors (Lipinski definition) is 4. The van der Waals surface area contributed by atoms with Gasteiger partial charge in [0.1, 0.15) is 6.61 Å². The first-order valence-electron chi connectivity index (χ1n) is 7.84. The first kappa shape index (κ1) is 18.6. The summed E-state index contributed by atoms with van der Waals surface area (Å²) in [7, 11) is 1.59. The van der Waals surface area contributed by atoms with E-state index in [1.165, 1.54) is 0 Å². The molecule has 5 heteroatoms. The summed E-state index contributed by atoms with van der Waals surface area (Å²) in [6.45, 7) is 4.91. The maximum Gasteiger partial charge on any atom is 0.180 e. The highest BCUT2D eigenvalue weighted by Gasteiger charge is 2.17. The van der Waals surface area contributed by atoms with Crippen LogP contribution in [0.1, 0.15) is 25.0 Å². The van der Waals surface area contributed by atoms with Gasteiger partial charge >= 0.3 is 0 Å². The van der Waals surface area contributed by atoms with E-state index in [0.717, 1.165) is 11.1 Å². The van der Waals surface area contributed by atoms with E-state index in [-0.39, 0.29) is 12.1 Å². The Morgan fingerprint density at radius 2 is 1.83 bits per heavy atom. The molecule has 0 aliphatic carbocycles. The molecule has 4 nitrogen and oxygen atoms in total. The topological polar surface area (TPSA) is 50.7 Å². The molecular weight excluding hydrogens is 326 g/mol. The number of halogens is 1. The third-order valence-corrected chi connectivity index (χ3v) is 3.96. The van der Waals surface area contributed by atoms with E-state index in [4.69, 9.17) is 21.1 Å². The predicted molar refractivity (Wildman–Crippen MR) is 96.8 cm³/mol. The van der Waals surface area contributed by atoms with Crippen molar-refractivity contribution in [2.75, 3.05) is 13.7 Å². The minimum Gasteiger partial charge on any atom is -0.493 e. The maximum atomic E-state index is 9.32. The molecule has 0 atom stereocenters. The van der Waals surface area contributed by atoms with Crippen LogP contribution in [0.25, 0.3) is 0 Å². The van der Waals surface area contributed by atoms with Gasteiger partial charge in [0.15, 0.2) is 11.5 Å². The van der Waals surface area contributed by atoms with Crippen LogP contribution in [0, 0.1) is 0 Å². The average Bonchev–Trinajstić information content (AvgIpc) is 2.59. The molecule has 0 aliphatic rings. The molecule has 130 valence electrons. The first-order chi connectivity index (χ1) is 11.4. The van der Waals surface area contributed by atoms with Crippen LogP contribution in [0.15, 0.2) is 42.5 Å². The van der Waals surface area contributed by atoms with Crippen molar-refractivity contribution in [3.8, 4) is 11.5 Å². The summed E-state index contributed by atoms with van der Waals surface area (Å²) in [5.41, 5.74) is 1.67. The minimum absolute atomic E-state index is 0.0517. The summed E-state index contributed by atoms with van der Waals surface area (Å²) in [5, 5.41) is 13.1. The lowest BCUT2D eigenvalue weighted by atomic mass is 10.1. The summed E-state index contributed by atoms with van der Waals surface area (Å²) < 4.78 is 11.3. The Hall–Kier alpha value is -1.75. The van der Waals surface area contributed by atoms with Gasteiger partial charge in [0, 0.05) is 12.1 Å². The molecule has 0 fully saturated rings. The third kappa shape index (κ3) is 5.13. The molecule has 0 radical (unpaired) electrons. The highest BCUT2D eigenvalue weighted by atomic mass is 35.5. The Balaban J connectivity index is 2.12. The number of rotatable bonds is 8. The predicted octanol–water partition coefficient (Wildman–Crippen LogP) is 3.79. The molecule has 0 unspecified atom stereocenters. The van der Waals surface area contributed by atoms with Crippen molar-refractivity contribution in [1.29, 1.82) is 0 Å². The number of methoxy groups -OCH3 is 1. The lowest BCUT2D eigenvalue weighted by molar-refractivity contribution is 0.187. The van der Waals surface area contributed by atoms with Gasteiger partial charge in [-0.2, -0.15) is 0 Å². The highest BCUT2D eigenvalue weighted by Crippen LogP contribution is 2.37. The van der Waals surface area contributed by atoms with Crippen molar-refractivity contribution in [3.63, 3.8) is 0 Å². The highest BCUT2D eigenvalue weighted by molar-refractivity contribution is 6.32. The molecule has 0 saturated carbocycles. The summed E-state index contributed by atoms with van der Waals surface area (Å²) >= 11 is 6.38. The van der Waals surface area contributed by atoms with Gasteiger partial charge in [0.2, 0.25) is 0 Å². The zero-order chi connectivity index (χ0) is 17.6. The fourth-order valence-corrected chi connectivity index (χ4v) is 2.43. The van der Waals surface area contributed by atoms with Crippen molar-refractivity contribution in [3.05, 3.63) is 58.6 Å². The van der Waals surface area contributed by atoms with Gasteiger partial charge < -0.3 is 19.9 Å². The number of aliphatic hydroxyl groups excluding tert-OH is 1. The number of nitrogens with one attached hydrogen (secondary N) is 1. The lowest BCUT2D eigenvalue weighted by Gasteiger charge is -2.24. The number of benzene rings is 2. The van der Waals surface area contributed by atoms with Gasteiger partial charge in [-0.3, -0.25) is 0 Å². The van der Waals surface area contributed by atoms with E-state index in [2.05, 4.69) is 5.32 Å². The standard InChI is InChI=1S/C19H24ClNO3/c1-19(2,13-22)21-11-15-9-16(20)18(17(10-15)23-3)24-12-14-7-5-4-6-8-14/h4-10,21-22H,11-13H2,1-3H3. The van der Waals surface area contributed by atoms with Crippen LogP contribution in [0.3, 0.4) is 0 Å². The minimum atomic E-state index is -0.359. The van der Waals surface area contributed by atoms with Crippen molar-refractivity contribution in [2.24, 2.45) is 0 Å². The molecular formula is C19H24ClNO3. The zero-order valence-corrected chi connectivity index (χ0v) is 15.1. The second-order valence-electron chi connectivity index (χ2n) is 6.28. The number of aliphatic hydroxyl groups is 1. The Morgan fingerprint density at radius 1 is 1.12 bits per heavy atom. The average molecular weight is 350 g/mol.